The van der Waals surface area contributed by atoms with Crippen LogP contribution in [0, 0.1) is 5.82 Å². The predicted octanol–water partition coefficient (Wildman–Crippen LogP) is 6.10. The van der Waals surface area contributed by atoms with Gasteiger partial charge >= 0.3 is 11.9 Å². The number of anilines is 1. The quantitative estimate of drug-likeness (QED) is 0.133. The number of benzene rings is 3. The number of methoxy groups -OCH3 is 1. The lowest BCUT2D eigenvalue weighted by atomic mass is 9.92. The molecule has 4 rings (SSSR count). The van der Waals surface area contributed by atoms with E-state index in [2.05, 4.69) is 5.32 Å². The largest absolute Gasteiger partial charge is 0.481 e. The topological polar surface area (TPSA) is 138 Å². The lowest BCUT2D eigenvalue weighted by Crippen LogP contribution is -2.23. The average molecular weight is 617 g/mol. The Morgan fingerprint density at radius 3 is 2.18 bits per heavy atom. The van der Waals surface area contributed by atoms with E-state index in [1.54, 1.807) is 30.3 Å². The molecule has 0 bridgehead atoms. The molecule has 45 heavy (non-hydrogen) atoms. The van der Waals surface area contributed by atoms with Gasteiger partial charge in [-0.3, -0.25) is 9.59 Å². The second-order valence-corrected chi connectivity index (χ2v) is 11.1. The van der Waals surface area contributed by atoms with E-state index < -0.39 is 42.3 Å². The molecular weight excluding hydrogens is 579 g/mol. The number of halogens is 1. The molecular formula is C35H37FN2O7. The van der Waals surface area contributed by atoms with Gasteiger partial charge in [-0.1, -0.05) is 48.5 Å². The second-order valence-electron chi connectivity index (χ2n) is 11.1. The van der Waals surface area contributed by atoms with Gasteiger partial charge in [0, 0.05) is 28.6 Å². The number of aliphatic hydroxyl groups excluding tert-OH is 2. The Morgan fingerprint density at radius 2 is 1.56 bits per heavy atom. The van der Waals surface area contributed by atoms with Crippen LogP contribution in [0.5, 0.6) is 0 Å². The van der Waals surface area contributed by atoms with E-state index >= 15 is 0 Å². The highest BCUT2D eigenvalue weighted by atomic mass is 19.1. The number of aromatic nitrogens is 1. The Morgan fingerprint density at radius 1 is 0.889 bits per heavy atom. The number of nitrogens with one attached hydrogen (secondary N) is 1. The van der Waals surface area contributed by atoms with Gasteiger partial charge in [0.2, 0.25) is 0 Å². The van der Waals surface area contributed by atoms with Crippen LogP contribution in [-0.2, 0) is 16.0 Å². The Bertz CT molecular complexity index is 1650. The summed E-state index contributed by atoms with van der Waals surface area (Å²) in [7, 11) is 1.28. The van der Waals surface area contributed by atoms with Crippen LogP contribution in [0.25, 0.3) is 22.3 Å². The lowest BCUT2D eigenvalue weighted by Gasteiger charge is -2.20. The van der Waals surface area contributed by atoms with E-state index in [0.29, 0.717) is 33.8 Å². The van der Waals surface area contributed by atoms with Gasteiger partial charge in [0.25, 0.3) is 5.91 Å². The fraction of sp³-hybridized carbons (Fsp3) is 0.286. The predicted molar refractivity (Wildman–Crippen MR) is 169 cm³/mol. The van der Waals surface area contributed by atoms with Gasteiger partial charge in [-0.25, -0.2) is 9.18 Å². The van der Waals surface area contributed by atoms with Crippen molar-refractivity contribution >= 4 is 23.5 Å². The maximum atomic E-state index is 14.3. The number of carbonyl (C=O) groups excluding carboxylic acids is 2. The van der Waals surface area contributed by atoms with Crippen molar-refractivity contribution in [3.05, 3.63) is 102 Å². The molecule has 4 aromatic rings. The zero-order valence-corrected chi connectivity index (χ0v) is 25.4. The summed E-state index contributed by atoms with van der Waals surface area (Å²) in [6.07, 6.45) is -2.42. The number of rotatable bonds is 13. The van der Waals surface area contributed by atoms with Crippen LogP contribution >= 0.6 is 0 Å². The number of nitrogens with zero attached hydrogens (tertiary/aromatic N) is 1. The molecule has 0 unspecified atom stereocenters. The van der Waals surface area contributed by atoms with Crippen molar-refractivity contribution in [2.24, 2.45) is 0 Å². The first-order chi connectivity index (χ1) is 21.5. The monoisotopic (exact) mass is 616 g/mol. The van der Waals surface area contributed by atoms with Gasteiger partial charge in [-0.15, -0.1) is 0 Å². The maximum Gasteiger partial charge on any atom is 0.337 e. The number of ether oxygens (including phenoxy) is 1. The van der Waals surface area contributed by atoms with Crippen LogP contribution in [0.3, 0.4) is 0 Å². The van der Waals surface area contributed by atoms with E-state index in [-0.39, 0.29) is 30.9 Å². The lowest BCUT2D eigenvalue weighted by molar-refractivity contribution is -0.139. The number of carboxylic acids is 1. The van der Waals surface area contributed by atoms with E-state index in [1.165, 1.54) is 25.3 Å². The zero-order chi connectivity index (χ0) is 32.7. The molecule has 0 fully saturated rings. The Balaban J connectivity index is 1.89. The van der Waals surface area contributed by atoms with Crippen LogP contribution in [0.4, 0.5) is 10.1 Å². The molecule has 0 aliphatic heterocycles. The molecule has 0 saturated heterocycles. The highest BCUT2D eigenvalue weighted by Gasteiger charge is 2.30. The van der Waals surface area contributed by atoms with Crippen LogP contribution in [0.15, 0.2) is 78.9 Å². The summed E-state index contributed by atoms with van der Waals surface area (Å²) >= 11 is 0. The average Bonchev–Trinajstić information content (AvgIpc) is 3.35. The fourth-order valence-electron chi connectivity index (χ4n) is 5.54. The van der Waals surface area contributed by atoms with Crippen molar-refractivity contribution in [2.45, 2.75) is 57.8 Å². The molecule has 9 nitrogen and oxygen atoms in total. The summed E-state index contributed by atoms with van der Waals surface area (Å²) in [6.45, 7) is 3.85. The standard InChI is InChI=1S/C35H37FN2O7/c1-21(2)38-29(17-16-27(39)19-28(40)20-30(41)42)31(23-12-14-25(36)15-13-23)32(22-8-5-4-6-9-22)33(38)34(43)37-26-11-7-10-24(18-26)35(44)45-3/h4-15,18,21,27-28,39-40H,16-17,19-20H2,1-3H3,(H,37,43)(H,41,42)/t27-,28-/m1/s1. The number of aliphatic carboxylic acids is 1. The SMILES string of the molecule is COC(=O)c1cccc(NC(=O)c2c(-c3ccccc3)c(-c3ccc(F)cc3)c(CC[C@@H](O)C[C@@H](O)CC(=O)O)n2C(C)C)c1. The normalized spacial score (nSPS) is 12.5. The van der Waals surface area contributed by atoms with Crippen LogP contribution in [0.1, 0.15) is 65.7 Å². The number of esters is 1. The molecule has 4 N–H and O–H groups in total. The highest BCUT2D eigenvalue weighted by Crippen LogP contribution is 2.43. The van der Waals surface area contributed by atoms with Gasteiger partial charge in [0.1, 0.15) is 11.5 Å². The summed E-state index contributed by atoms with van der Waals surface area (Å²) in [5, 5.41) is 32.8. The third-order valence-electron chi connectivity index (χ3n) is 7.44. The molecule has 1 heterocycles. The number of amides is 1. The number of aliphatic hydroxyl groups is 2. The molecule has 0 aliphatic rings. The fourth-order valence-corrected chi connectivity index (χ4v) is 5.54. The summed E-state index contributed by atoms with van der Waals surface area (Å²) < 4.78 is 20.8. The summed E-state index contributed by atoms with van der Waals surface area (Å²) in [4.78, 5) is 37.4. The molecule has 0 radical (unpaired) electrons. The first-order valence-corrected chi connectivity index (χ1v) is 14.7. The smallest absolute Gasteiger partial charge is 0.337 e. The van der Waals surface area contributed by atoms with Gasteiger partial charge < -0.3 is 29.9 Å². The molecule has 0 aliphatic carbocycles. The summed E-state index contributed by atoms with van der Waals surface area (Å²) in [5.41, 5.74) is 4.37. The van der Waals surface area contributed by atoms with Gasteiger partial charge in [-0.05, 0) is 74.6 Å². The number of hydrogen-bond acceptors (Lipinski definition) is 6. The van der Waals surface area contributed by atoms with Crippen molar-refractivity contribution < 1.29 is 38.8 Å². The van der Waals surface area contributed by atoms with Crippen molar-refractivity contribution in [2.75, 3.05) is 12.4 Å². The number of carbonyl (C=O) groups is 3. The number of carboxylic acid groups (broad SMARTS) is 1. The molecule has 2 atom stereocenters. The van der Waals surface area contributed by atoms with Crippen molar-refractivity contribution in [3.63, 3.8) is 0 Å². The van der Waals surface area contributed by atoms with Crippen LogP contribution in [-0.4, -0.2) is 57.1 Å². The van der Waals surface area contributed by atoms with Crippen LogP contribution < -0.4 is 5.32 Å². The van der Waals surface area contributed by atoms with Crippen molar-refractivity contribution in [1.82, 2.24) is 4.57 Å². The Kier molecular flexibility index (Phi) is 10.9. The molecule has 0 saturated carbocycles. The van der Waals surface area contributed by atoms with Gasteiger partial charge in [0.15, 0.2) is 0 Å². The van der Waals surface area contributed by atoms with Gasteiger partial charge in [0.05, 0.1) is 31.3 Å². The third kappa shape index (κ3) is 8.03. The van der Waals surface area contributed by atoms with E-state index in [4.69, 9.17) is 9.84 Å². The minimum absolute atomic E-state index is 0.129. The minimum atomic E-state index is -1.21. The Labute approximate surface area is 260 Å². The number of hydrogen-bond donors (Lipinski definition) is 4. The molecule has 236 valence electrons. The summed E-state index contributed by atoms with van der Waals surface area (Å²) in [5.74, 6) is -2.58. The van der Waals surface area contributed by atoms with Crippen LogP contribution in [0.2, 0.25) is 0 Å². The summed E-state index contributed by atoms with van der Waals surface area (Å²) in [6, 6.07) is 21.4. The van der Waals surface area contributed by atoms with Crippen molar-refractivity contribution in [3.8, 4) is 22.3 Å². The molecule has 1 aromatic heterocycles. The third-order valence-corrected chi connectivity index (χ3v) is 7.44. The zero-order valence-electron chi connectivity index (χ0n) is 25.4. The molecule has 1 amide bonds. The first kappa shape index (κ1) is 33.1. The molecule has 3 aromatic carbocycles. The highest BCUT2D eigenvalue weighted by molar-refractivity contribution is 6.11. The van der Waals surface area contributed by atoms with E-state index in [0.717, 1.165) is 5.56 Å². The van der Waals surface area contributed by atoms with Gasteiger partial charge in [-0.2, -0.15) is 0 Å². The second kappa shape index (κ2) is 14.8. The van der Waals surface area contributed by atoms with E-state index in [9.17, 15) is 29.0 Å². The Hall–Kier alpha value is -4.80. The maximum absolute atomic E-state index is 14.3. The molecule has 0 spiro atoms. The van der Waals surface area contributed by atoms with Crippen molar-refractivity contribution in [1.29, 1.82) is 0 Å². The molecule has 10 heteroatoms. The first-order valence-electron chi connectivity index (χ1n) is 14.7. The minimum Gasteiger partial charge on any atom is -0.481 e. The van der Waals surface area contributed by atoms with E-state index in [1.807, 2.05) is 48.7 Å².